The highest BCUT2D eigenvalue weighted by Gasteiger charge is 2.36. The Bertz CT molecular complexity index is 737. The summed E-state index contributed by atoms with van der Waals surface area (Å²) in [6.45, 7) is 0.199. The Kier molecular flexibility index (Phi) is 4.29. The molecule has 0 radical (unpaired) electrons. The molecule has 1 atom stereocenters. The minimum Gasteiger partial charge on any atom is -0.445 e. The number of nitriles is 1. The van der Waals surface area contributed by atoms with Crippen molar-refractivity contribution in [2.24, 2.45) is 0 Å². The van der Waals surface area contributed by atoms with Crippen LogP contribution in [0.5, 0.6) is 0 Å². The molecule has 2 aromatic rings. The second-order valence-corrected chi connectivity index (χ2v) is 5.83. The van der Waals surface area contributed by atoms with Gasteiger partial charge in [0.05, 0.1) is 6.07 Å². The van der Waals surface area contributed by atoms with Crippen LogP contribution in [0.2, 0.25) is 0 Å². The van der Waals surface area contributed by atoms with Crippen molar-refractivity contribution in [1.82, 2.24) is 5.32 Å². The maximum Gasteiger partial charge on any atom is 0.408 e. The van der Waals surface area contributed by atoms with Gasteiger partial charge in [-0.15, -0.1) is 0 Å². The molecular formula is C19H18N2O2. The lowest BCUT2D eigenvalue weighted by atomic mass is 9.79. The van der Waals surface area contributed by atoms with Gasteiger partial charge < -0.3 is 10.1 Å². The van der Waals surface area contributed by atoms with E-state index >= 15 is 0 Å². The molecule has 0 heterocycles. The first-order chi connectivity index (χ1) is 11.2. The lowest BCUT2D eigenvalue weighted by Gasteiger charge is -2.32. The molecular weight excluding hydrogens is 288 g/mol. The van der Waals surface area contributed by atoms with Crippen molar-refractivity contribution in [1.29, 1.82) is 5.26 Å². The number of nitrogens with one attached hydrogen (secondary N) is 1. The minimum absolute atomic E-state index is 0.199. The maximum atomic E-state index is 12.1. The van der Waals surface area contributed by atoms with E-state index in [1.807, 2.05) is 48.5 Å². The molecule has 2 aromatic carbocycles. The molecule has 0 bridgehead atoms. The van der Waals surface area contributed by atoms with Gasteiger partial charge in [0.25, 0.3) is 0 Å². The van der Waals surface area contributed by atoms with Crippen molar-refractivity contribution in [3.63, 3.8) is 0 Å². The number of amides is 1. The number of nitrogens with zero attached hydrogens (tertiary/aromatic N) is 1. The Morgan fingerprint density at radius 3 is 2.57 bits per heavy atom. The molecule has 0 fully saturated rings. The molecule has 1 unspecified atom stereocenters. The fourth-order valence-electron chi connectivity index (χ4n) is 2.92. The zero-order valence-corrected chi connectivity index (χ0v) is 12.8. The van der Waals surface area contributed by atoms with E-state index in [1.54, 1.807) is 0 Å². The number of carbonyl (C=O) groups excluding carboxylic acids is 1. The summed E-state index contributed by atoms with van der Waals surface area (Å²) >= 11 is 0. The first-order valence-corrected chi connectivity index (χ1v) is 7.68. The second-order valence-electron chi connectivity index (χ2n) is 5.83. The topological polar surface area (TPSA) is 62.1 Å². The average Bonchev–Trinajstić information content (AvgIpc) is 2.61. The Balaban J connectivity index is 1.64. The third kappa shape index (κ3) is 3.51. The van der Waals surface area contributed by atoms with Crippen LogP contribution in [0.3, 0.4) is 0 Å². The Morgan fingerprint density at radius 1 is 1.13 bits per heavy atom. The van der Waals surface area contributed by atoms with E-state index in [0.717, 1.165) is 17.5 Å². The quantitative estimate of drug-likeness (QED) is 0.945. The molecule has 1 N–H and O–H groups in total. The van der Waals surface area contributed by atoms with Crippen LogP contribution >= 0.6 is 0 Å². The van der Waals surface area contributed by atoms with E-state index < -0.39 is 11.6 Å². The molecule has 0 saturated heterocycles. The molecule has 1 aliphatic rings. The summed E-state index contributed by atoms with van der Waals surface area (Å²) in [6, 6.07) is 19.8. The highest BCUT2D eigenvalue weighted by molar-refractivity contribution is 5.69. The Labute approximate surface area is 135 Å². The molecule has 1 amide bonds. The first-order valence-electron chi connectivity index (χ1n) is 7.68. The number of fused-ring (bicyclic) bond motifs is 1. The van der Waals surface area contributed by atoms with Gasteiger partial charge in [0.1, 0.15) is 12.1 Å². The van der Waals surface area contributed by atoms with Gasteiger partial charge in [-0.3, -0.25) is 0 Å². The first kappa shape index (κ1) is 15.1. The number of ether oxygens (including phenoxy) is 1. The lowest BCUT2D eigenvalue weighted by molar-refractivity contribution is 0.129. The van der Waals surface area contributed by atoms with Gasteiger partial charge in [-0.2, -0.15) is 5.26 Å². The van der Waals surface area contributed by atoms with Crippen molar-refractivity contribution < 1.29 is 9.53 Å². The van der Waals surface area contributed by atoms with Crippen molar-refractivity contribution in [2.75, 3.05) is 0 Å². The number of alkyl carbamates (subject to hydrolysis) is 1. The Morgan fingerprint density at radius 2 is 1.83 bits per heavy atom. The van der Waals surface area contributed by atoms with Gasteiger partial charge in [0, 0.05) is 6.42 Å². The minimum atomic E-state index is -0.887. The summed E-state index contributed by atoms with van der Waals surface area (Å²) in [7, 11) is 0. The van der Waals surface area contributed by atoms with E-state index in [9.17, 15) is 10.1 Å². The zero-order chi connectivity index (χ0) is 16.1. The number of hydrogen-bond acceptors (Lipinski definition) is 3. The highest BCUT2D eigenvalue weighted by atomic mass is 16.5. The third-order valence-corrected chi connectivity index (χ3v) is 4.20. The molecule has 23 heavy (non-hydrogen) atoms. The predicted molar refractivity (Wildman–Crippen MR) is 86.6 cm³/mol. The molecule has 0 aliphatic heterocycles. The van der Waals surface area contributed by atoms with Gasteiger partial charge in [0.2, 0.25) is 0 Å². The van der Waals surface area contributed by atoms with E-state index in [1.165, 1.54) is 5.56 Å². The van der Waals surface area contributed by atoms with Crippen molar-refractivity contribution in [2.45, 2.75) is 31.4 Å². The van der Waals surface area contributed by atoms with Gasteiger partial charge >= 0.3 is 6.09 Å². The van der Waals surface area contributed by atoms with Crippen molar-refractivity contribution in [3.8, 4) is 6.07 Å². The average molecular weight is 306 g/mol. The zero-order valence-electron chi connectivity index (χ0n) is 12.8. The molecule has 0 spiro atoms. The summed E-state index contributed by atoms with van der Waals surface area (Å²) in [5.41, 5.74) is 2.39. The second kappa shape index (κ2) is 6.53. The normalized spacial score (nSPS) is 19.3. The highest BCUT2D eigenvalue weighted by Crippen LogP contribution is 2.28. The summed E-state index contributed by atoms with van der Waals surface area (Å²) in [6.07, 6.45) is 1.35. The summed E-state index contributed by atoms with van der Waals surface area (Å²) in [4.78, 5) is 12.1. The largest absolute Gasteiger partial charge is 0.445 e. The number of aryl methyl sites for hydroxylation is 1. The van der Waals surface area contributed by atoms with Crippen LogP contribution in [-0.4, -0.2) is 11.6 Å². The summed E-state index contributed by atoms with van der Waals surface area (Å²) in [5, 5.41) is 12.4. The molecule has 0 saturated carbocycles. The number of hydrogen-bond donors (Lipinski definition) is 1. The van der Waals surface area contributed by atoms with Crippen LogP contribution in [0.4, 0.5) is 4.79 Å². The number of benzene rings is 2. The van der Waals surface area contributed by atoms with E-state index in [4.69, 9.17) is 4.74 Å². The summed E-state index contributed by atoms with van der Waals surface area (Å²) < 4.78 is 5.24. The van der Waals surface area contributed by atoms with Gasteiger partial charge in [-0.1, -0.05) is 54.6 Å². The van der Waals surface area contributed by atoms with Gasteiger partial charge in [-0.25, -0.2) is 4.79 Å². The number of rotatable bonds is 3. The standard InChI is InChI=1S/C19H18N2O2/c20-14-19(11-10-16-8-4-5-9-17(16)12-19)21-18(22)23-13-15-6-2-1-3-7-15/h1-9H,10-13H2,(H,21,22). The molecule has 116 valence electrons. The van der Waals surface area contributed by atoms with Crippen LogP contribution in [0.15, 0.2) is 54.6 Å². The predicted octanol–water partition coefficient (Wildman–Crippen LogP) is 3.36. The SMILES string of the molecule is N#CC1(NC(=O)OCc2ccccc2)CCc2ccccc2C1. The van der Waals surface area contributed by atoms with Crippen LogP contribution in [0, 0.1) is 11.3 Å². The van der Waals surface area contributed by atoms with Crippen LogP contribution in [0.25, 0.3) is 0 Å². The monoisotopic (exact) mass is 306 g/mol. The smallest absolute Gasteiger partial charge is 0.408 e. The maximum absolute atomic E-state index is 12.1. The molecule has 4 heteroatoms. The Hall–Kier alpha value is -2.80. The third-order valence-electron chi connectivity index (χ3n) is 4.20. The fourth-order valence-corrected chi connectivity index (χ4v) is 2.92. The van der Waals surface area contributed by atoms with Crippen LogP contribution < -0.4 is 5.32 Å². The van der Waals surface area contributed by atoms with Crippen LogP contribution in [-0.2, 0) is 24.2 Å². The molecule has 0 aromatic heterocycles. The molecule has 4 nitrogen and oxygen atoms in total. The van der Waals surface area contributed by atoms with E-state index in [-0.39, 0.29) is 6.61 Å². The van der Waals surface area contributed by atoms with Crippen LogP contribution in [0.1, 0.15) is 23.1 Å². The lowest BCUT2D eigenvalue weighted by Crippen LogP contribution is -2.51. The number of carbonyl (C=O) groups is 1. The molecule has 3 rings (SSSR count). The van der Waals surface area contributed by atoms with Gasteiger partial charge in [-0.05, 0) is 29.5 Å². The van der Waals surface area contributed by atoms with Crippen molar-refractivity contribution >= 4 is 6.09 Å². The van der Waals surface area contributed by atoms with Crippen molar-refractivity contribution in [3.05, 3.63) is 71.3 Å². The van der Waals surface area contributed by atoms with E-state index in [0.29, 0.717) is 12.8 Å². The summed E-state index contributed by atoms with van der Waals surface area (Å²) in [5.74, 6) is 0. The van der Waals surface area contributed by atoms with E-state index in [2.05, 4.69) is 17.5 Å². The fraction of sp³-hybridized carbons (Fsp3) is 0.263. The van der Waals surface area contributed by atoms with Gasteiger partial charge in [0.15, 0.2) is 0 Å². The molecule has 1 aliphatic carbocycles.